The SMILES string of the molecule is CCOc1ccc(CN(C)C(=O)Cn2cnc3sc4c(c3c2=O)CC[C@@H](C)C4)cc1. The van der Waals surface area contributed by atoms with Crippen LogP contribution in [0.2, 0.25) is 0 Å². The molecular formula is C23H27N3O3S. The summed E-state index contributed by atoms with van der Waals surface area (Å²) < 4.78 is 6.90. The van der Waals surface area contributed by atoms with E-state index < -0.39 is 0 Å². The quantitative estimate of drug-likeness (QED) is 0.605. The topological polar surface area (TPSA) is 64.4 Å². The molecule has 2 heterocycles. The summed E-state index contributed by atoms with van der Waals surface area (Å²) in [6.45, 7) is 5.29. The molecule has 1 aliphatic carbocycles. The van der Waals surface area contributed by atoms with Crippen molar-refractivity contribution in [3.8, 4) is 5.75 Å². The highest BCUT2D eigenvalue weighted by molar-refractivity contribution is 7.18. The molecule has 0 N–H and O–H groups in total. The zero-order valence-electron chi connectivity index (χ0n) is 17.7. The van der Waals surface area contributed by atoms with Gasteiger partial charge in [0.15, 0.2) is 0 Å². The van der Waals surface area contributed by atoms with Gasteiger partial charge in [0.25, 0.3) is 5.56 Å². The smallest absolute Gasteiger partial charge is 0.262 e. The minimum Gasteiger partial charge on any atom is -0.494 e. The molecule has 1 aromatic carbocycles. The highest BCUT2D eigenvalue weighted by Crippen LogP contribution is 2.35. The summed E-state index contributed by atoms with van der Waals surface area (Å²) in [6.07, 6.45) is 4.54. The van der Waals surface area contributed by atoms with Crippen LogP contribution in [0.4, 0.5) is 0 Å². The lowest BCUT2D eigenvalue weighted by molar-refractivity contribution is -0.131. The highest BCUT2D eigenvalue weighted by atomic mass is 32.1. The first kappa shape index (κ1) is 20.6. The van der Waals surface area contributed by atoms with Gasteiger partial charge in [-0.3, -0.25) is 14.2 Å². The maximum Gasteiger partial charge on any atom is 0.262 e. The van der Waals surface area contributed by atoms with Crippen LogP contribution in [0.5, 0.6) is 5.75 Å². The predicted octanol–water partition coefficient (Wildman–Crippen LogP) is 3.64. The molecule has 2 aromatic heterocycles. The Morgan fingerprint density at radius 2 is 2.10 bits per heavy atom. The normalized spacial score (nSPS) is 15.8. The number of aryl methyl sites for hydroxylation is 1. The van der Waals surface area contributed by atoms with Crippen LogP contribution in [0.3, 0.4) is 0 Å². The first-order valence-electron chi connectivity index (χ1n) is 10.4. The molecule has 0 fully saturated rings. The molecule has 3 aromatic rings. The molecule has 0 saturated carbocycles. The lowest BCUT2D eigenvalue weighted by Crippen LogP contribution is -2.33. The molecule has 6 nitrogen and oxygen atoms in total. The van der Waals surface area contributed by atoms with Crippen molar-refractivity contribution in [3.05, 3.63) is 57.0 Å². The summed E-state index contributed by atoms with van der Waals surface area (Å²) in [7, 11) is 1.75. The zero-order valence-corrected chi connectivity index (χ0v) is 18.5. The summed E-state index contributed by atoms with van der Waals surface area (Å²) in [5.41, 5.74) is 2.06. The number of hydrogen-bond acceptors (Lipinski definition) is 5. The zero-order chi connectivity index (χ0) is 21.3. The van der Waals surface area contributed by atoms with E-state index in [4.69, 9.17) is 4.74 Å². The Balaban J connectivity index is 1.50. The monoisotopic (exact) mass is 425 g/mol. The third-order valence-corrected chi connectivity index (χ3v) is 6.83. The number of fused-ring (bicyclic) bond motifs is 3. The van der Waals surface area contributed by atoms with Gasteiger partial charge in [0, 0.05) is 18.5 Å². The molecule has 30 heavy (non-hydrogen) atoms. The lowest BCUT2D eigenvalue weighted by Gasteiger charge is -2.19. The van der Waals surface area contributed by atoms with Crippen molar-refractivity contribution < 1.29 is 9.53 Å². The molecule has 7 heteroatoms. The number of carbonyl (C=O) groups excluding carboxylic acids is 1. The summed E-state index contributed by atoms with van der Waals surface area (Å²) in [6, 6.07) is 7.71. The van der Waals surface area contributed by atoms with Crippen LogP contribution in [-0.4, -0.2) is 34.0 Å². The molecule has 0 bridgehead atoms. The summed E-state index contributed by atoms with van der Waals surface area (Å²) in [5.74, 6) is 1.34. The summed E-state index contributed by atoms with van der Waals surface area (Å²) in [5, 5.41) is 0.714. The van der Waals surface area contributed by atoms with E-state index in [-0.39, 0.29) is 18.0 Å². The van der Waals surface area contributed by atoms with E-state index >= 15 is 0 Å². The molecule has 0 aliphatic heterocycles. The van der Waals surface area contributed by atoms with Gasteiger partial charge in [-0.15, -0.1) is 11.3 Å². The number of carbonyl (C=O) groups is 1. The third kappa shape index (κ3) is 4.12. The van der Waals surface area contributed by atoms with Gasteiger partial charge in [-0.25, -0.2) is 4.98 Å². The van der Waals surface area contributed by atoms with Crippen molar-refractivity contribution in [2.24, 2.45) is 5.92 Å². The fourth-order valence-corrected chi connectivity index (χ4v) is 5.31. The number of amides is 1. The van der Waals surface area contributed by atoms with Crippen molar-refractivity contribution in [1.82, 2.24) is 14.5 Å². The van der Waals surface area contributed by atoms with Gasteiger partial charge in [0.05, 0.1) is 18.3 Å². The standard InChI is InChI=1S/C23H27N3O3S/c1-4-29-17-8-6-16(7-9-17)12-25(3)20(27)13-26-14-24-22-21(23(26)28)18-10-5-15(2)11-19(18)30-22/h6-9,14-15H,4-5,10-13H2,1-3H3/t15-/m1/s1. The van der Waals surface area contributed by atoms with Gasteiger partial charge < -0.3 is 9.64 Å². The number of rotatable bonds is 6. The minimum atomic E-state index is -0.121. The molecule has 1 aliphatic rings. The molecular weight excluding hydrogens is 398 g/mol. The fourth-order valence-electron chi connectivity index (χ4n) is 3.96. The maximum atomic E-state index is 13.1. The van der Waals surface area contributed by atoms with Gasteiger partial charge >= 0.3 is 0 Å². The first-order valence-corrected chi connectivity index (χ1v) is 11.2. The van der Waals surface area contributed by atoms with Crippen LogP contribution >= 0.6 is 11.3 Å². The van der Waals surface area contributed by atoms with Crippen molar-refractivity contribution in [2.45, 2.75) is 46.2 Å². The first-order chi connectivity index (χ1) is 14.5. The Morgan fingerprint density at radius 3 is 2.83 bits per heavy atom. The van der Waals surface area contributed by atoms with Crippen molar-refractivity contribution in [3.63, 3.8) is 0 Å². The molecule has 0 radical (unpaired) electrons. The second kappa shape index (κ2) is 8.60. The number of benzene rings is 1. The van der Waals surface area contributed by atoms with Gasteiger partial charge in [0.2, 0.25) is 5.91 Å². The molecule has 1 amide bonds. The molecule has 0 saturated heterocycles. The Labute approximate surface area is 180 Å². The maximum absolute atomic E-state index is 13.1. The molecule has 158 valence electrons. The van der Waals surface area contributed by atoms with E-state index in [1.165, 1.54) is 15.8 Å². The lowest BCUT2D eigenvalue weighted by atomic mass is 9.89. The number of hydrogen-bond donors (Lipinski definition) is 0. The number of nitrogens with zero attached hydrogens (tertiary/aromatic N) is 3. The Hall–Kier alpha value is -2.67. The number of thiophene rings is 1. The van der Waals surface area contributed by atoms with E-state index in [2.05, 4.69) is 11.9 Å². The van der Waals surface area contributed by atoms with Crippen LogP contribution in [-0.2, 0) is 30.7 Å². The van der Waals surface area contributed by atoms with Gasteiger partial charge in [-0.05, 0) is 55.4 Å². The second-order valence-corrected chi connectivity index (χ2v) is 9.12. The Kier molecular flexibility index (Phi) is 5.90. The van der Waals surface area contributed by atoms with Crippen LogP contribution in [0, 0.1) is 5.92 Å². The minimum absolute atomic E-state index is 0.00365. The van der Waals surface area contributed by atoms with E-state index in [0.717, 1.165) is 41.0 Å². The predicted molar refractivity (Wildman–Crippen MR) is 119 cm³/mol. The van der Waals surface area contributed by atoms with E-state index in [1.807, 2.05) is 31.2 Å². The largest absolute Gasteiger partial charge is 0.494 e. The fraction of sp³-hybridized carbons (Fsp3) is 0.435. The molecule has 4 rings (SSSR count). The molecule has 1 atom stereocenters. The average Bonchev–Trinajstić information content (AvgIpc) is 3.09. The molecule has 0 unspecified atom stereocenters. The van der Waals surface area contributed by atoms with Gasteiger partial charge in [-0.1, -0.05) is 19.1 Å². The number of aromatic nitrogens is 2. The van der Waals surface area contributed by atoms with E-state index in [9.17, 15) is 9.59 Å². The van der Waals surface area contributed by atoms with E-state index in [1.54, 1.807) is 23.3 Å². The van der Waals surface area contributed by atoms with Gasteiger partial charge in [-0.2, -0.15) is 0 Å². The Morgan fingerprint density at radius 1 is 1.33 bits per heavy atom. The van der Waals surface area contributed by atoms with Crippen LogP contribution in [0.1, 0.15) is 36.3 Å². The number of ether oxygens (including phenoxy) is 1. The second-order valence-electron chi connectivity index (χ2n) is 8.04. The van der Waals surface area contributed by atoms with Crippen molar-refractivity contribution >= 4 is 27.5 Å². The van der Waals surface area contributed by atoms with Crippen LogP contribution in [0.15, 0.2) is 35.4 Å². The van der Waals surface area contributed by atoms with Crippen molar-refractivity contribution in [1.29, 1.82) is 0 Å². The molecule has 0 spiro atoms. The van der Waals surface area contributed by atoms with E-state index in [0.29, 0.717) is 24.5 Å². The number of likely N-dealkylation sites (N-methyl/N-ethyl adjacent to an activating group) is 1. The highest BCUT2D eigenvalue weighted by Gasteiger charge is 2.23. The third-order valence-electron chi connectivity index (χ3n) is 5.67. The summed E-state index contributed by atoms with van der Waals surface area (Å²) in [4.78, 5) is 34.1. The van der Waals surface area contributed by atoms with Crippen LogP contribution in [0.25, 0.3) is 10.2 Å². The Bertz CT molecular complexity index is 1120. The van der Waals surface area contributed by atoms with Crippen LogP contribution < -0.4 is 10.3 Å². The van der Waals surface area contributed by atoms with Crippen molar-refractivity contribution in [2.75, 3.05) is 13.7 Å². The average molecular weight is 426 g/mol. The van der Waals surface area contributed by atoms with Gasteiger partial charge in [0.1, 0.15) is 17.1 Å². The summed E-state index contributed by atoms with van der Waals surface area (Å²) >= 11 is 1.63.